The Morgan fingerprint density at radius 2 is 2.44 bits per heavy atom. The van der Waals surface area contributed by atoms with Gasteiger partial charge in [0.25, 0.3) is 0 Å². The van der Waals surface area contributed by atoms with Crippen LogP contribution >= 0.6 is 11.6 Å². The summed E-state index contributed by atoms with van der Waals surface area (Å²) in [6.45, 7) is 2.66. The van der Waals surface area contributed by atoms with Crippen molar-refractivity contribution in [2.45, 2.75) is 31.5 Å². The molecule has 5 nitrogen and oxygen atoms in total. The van der Waals surface area contributed by atoms with Gasteiger partial charge in [0.05, 0.1) is 24.5 Å². The van der Waals surface area contributed by atoms with Crippen molar-refractivity contribution in [3.05, 3.63) is 17.5 Å². The molecule has 2 rings (SSSR count). The highest BCUT2D eigenvalue weighted by Crippen LogP contribution is 2.25. The second-order valence-corrected chi connectivity index (χ2v) is 4.18. The van der Waals surface area contributed by atoms with E-state index < -0.39 is 0 Å². The molecule has 0 radical (unpaired) electrons. The van der Waals surface area contributed by atoms with Gasteiger partial charge in [-0.15, -0.1) is 0 Å². The molecule has 3 unspecified atom stereocenters. The van der Waals surface area contributed by atoms with Crippen molar-refractivity contribution in [3.63, 3.8) is 0 Å². The third kappa shape index (κ3) is 2.42. The molecule has 0 bridgehead atoms. The van der Waals surface area contributed by atoms with Crippen LogP contribution in [-0.2, 0) is 4.74 Å². The fraction of sp³-hybridized carbons (Fsp3) is 0.600. The van der Waals surface area contributed by atoms with Gasteiger partial charge in [0.2, 0.25) is 0 Å². The van der Waals surface area contributed by atoms with Gasteiger partial charge in [-0.2, -0.15) is 0 Å². The van der Waals surface area contributed by atoms with E-state index in [-0.39, 0.29) is 18.2 Å². The molecule has 16 heavy (non-hydrogen) atoms. The number of nitrogens with two attached hydrogens (primary N) is 1. The fourth-order valence-electron chi connectivity index (χ4n) is 1.81. The molecular formula is C10H15ClN4O. The van der Waals surface area contributed by atoms with Crippen LogP contribution < -0.4 is 11.1 Å². The molecule has 1 heterocycles. The number of hydrogen-bond acceptors (Lipinski definition) is 5. The van der Waals surface area contributed by atoms with Crippen LogP contribution in [0.4, 0.5) is 5.82 Å². The zero-order valence-electron chi connectivity index (χ0n) is 9.06. The van der Waals surface area contributed by atoms with E-state index in [1.165, 1.54) is 6.20 Å². The van der Waals surface area contributed by atoms with Crippen LogP contribution in [0.5, 0.6) is 0 Å². The van der Waals surface area contributed by atoms with Crippen LogP contribution in [0.1, 0.15) is 13.3 Å². The van der Waals surface area contributed by atoms with Crippen molar-refractivity contribution in [3.8, 4) is 0 Å². The van der Waals surface area contributed by atoms with Crippen LogP contribution in [0.3, 0.4) is 0 Å². The van der Waals surface area contributed by atoms with Gasteiger partial charge in [-0.3, -0.25) is 4.98 Å². The van der Waals surface area contributed by atoms with Gasteiger partial charge in [0.1, 0.15) is 11.0 Å². The molecule has 3 atom stereocenters. The fourth-order valence-corrected chi connectivity index (χ4v) is 1.96. The zero-order chi connectivity index (χ0) is 11.5. The maximum Gasteiger partial charge on any atom is 0.149 e. The summed E-state index contributed by atoms with van der Waals surface area (Å²) in [5.41, 5.74) is 5.91. The Labute approximate surface area is 99.4 Å². The van der Waals surface area contributed by atoms with Crippen molar-refractivity contribution < 1.29 is 4.74 Å². The van der Waals surface area contributed by atoms with E-state index in [1.54, 1.807) is 6.20 Å². The normalized spacial score (nSPS) is 28.6. The van der Waals surface area contributed by atoms with E-state index >= 15 is 0 Å². The summed E-state index contributed by atoms with van der Waals surface area (Å²) in [7, 11) is 0. The highest BCUT2D eigenvalue weighted by atomic mass is 35.5. The predicted octanol–water partition coefficient (Wildman–Crippen LogP) is 1.05. The van der Waals surface area contributed by atoms with Crippen LogP contribution in [0.25, 0.3) is 0 Å². The van der Waals surface area contributed by atoms with Crippen molar-refractivity contribution in [2.24, 2.45) is 5.73 Å². The third-order valence-electron chi connectivity index (χ3n) is 2.67. The zero-order valence-corrected chi connectivity index (χ0v) is 9.81. The Balaban J connectivity index is 1.98. The standard InChI is InChI=1S/C10H15ClN4O/c1-2-16-7-3-6(12)10(7)15-9-5-13-4-8(11)14-9/h4-7,10H,2-3,12H2,1H3,(H,14,15). The minimum Gasteiger partial charge on any atom is -0.376 e. The average Bonchev–Trinajstić information content (AvgIpc) is 2.26. The number of rotatable bonds is 4. The first-order valence-electron chi connectivity index (χ1n) is 5.32. The predicted molar refractivity (Wildman–Crippen MR) is 62.5 cm³/mol. The summed E-state index contributed by atoms with van der Waals surface area (Å²) >= 11 is 5.75. The quantitative estimate of drug-likeness (QED) is 0.826. The van der Waals surface area contributed by atoms with Gasteiger partial charge in [-0.1, -0.05) is 11.6 Å². The lowest BCUT2D eigenvalue weighted by Gasteiger charge is -2.42. The van der Waals surface area contributed by atoms with E-state index in [4.69, 9.17) is 22.1 Å². The number of anilines is 1. The lowest BCUT2D eigenvalue weighted by atomic mass is 9.83. The molecule has 1 aliphatic rings. The first-order valence-corrected chi connectivity index (χ1v) is 5.69. The van der Waals surface area contributed by atoms with Crippen molar-refractivity contribution in [1.29, 1.82) is 0 Å². The van der Waals surface area contributed by atoms with Crippen LogP contribution in [0, 0.1) is 0 Å². The van der Waals surface area contributed by atoms with E-state index in [9.17, 15) is 0 Å². The number of aromatic nitrogens is 2. The summed E-state index contributed by atoms with van der Waals surface area (Å²) in [5, 5.41) is 3.56. The van der Waals surface area contributed by atoms with E-state index in [0.717, 1.165) is 6.42 Å². The lowest BCUT2D eigenvalue weighted by Crippen LogP contribution is -2.60. The third-order valence-corrected chi connectivity index (χ3v) is 2.85. The van der Waals surface area contributed by atoms with Gasteiger partial charge in [-0.25, -0.2) is 4.98 Å². The van der Waals surface area contributed by atoms with Crippen LogP contribution in [0.15, 0.2) is 12.4 Å². The Kier molecular flexibility index (Phi) is 3.58. The Morgan fingerprint density at radius 1 is 1.62 bits per heavy atom. The molecule has 1 saturated carbocycles. The van der Waals surface area contributed by atoms with Gasteiger partial charge >= 0.3 is 0 Å². The Morgan fingerprint density at radius 3 is 3.06 bits per heavy atom. The molecule has 0 spiro atoms. The van der Waals surface area contributed by atoms with E-state index in [1.807, 2.05) is 6.92 Å². The van der Waals surface area contributed by atoms with Crippen molar-refractivity contribution in [1.82, 2.24) is 9.97 Å². The maximum atomic E-state index is 5.91. The highest BCUT2D eigenvalue weighted by Gasteiger charge is 2.39. The van der Waals surface area contributed by atoms with Gasteiger partial charge in [0.15, 0.2) is 0 Å². The Hall–Kier alpha value is -0.910. The molecule has 3 N–H and O–H groups in total. The molecular weight excluding hydrogens is 228 g/mol. The summed E-state index contributed by atoms with van der Waals surface area (Å²) in [6.07, 6.45) is 4.15. The monoisotopic (exact) mass is 242 g/mol. The number of nitrogens with zero attached hydrogens (tertiary/aromatic N) is 2. The number of ether oxygens (including phenoxy) is 1. The topological polar surface area (TPSA) is 73.1 Å². The summed E-state index contributed by atoms with van der Waals surface area (Å²) in [6, 6.07) is 0.185. The summed E-state index contributed by atoms with van der Waals surface area (Å²) < 4.78 is 5.54. The van der Waals surface area contributed by atoms with E-state index in [0.29, 0.717) is 17.6 Å². The second kappa shape index (κ2) is 4.95. The maximum absolute atomic E-state index is 5.91. The largest absolute Gasteiger partial charge is 0.376 e. The molecule has 1 fully saturated rings. The lowest BCUT2D eigenvalue weighted by molar-refractivity contribution is -0.0127. The summed E-state index contributed by atoms with van der Waals surface area (Å²) in [5.74, 6) is 0.636. The average molecular weight is 243 g/mol. The minimum absolute atomic E-state index is 0.0905. The number of nitrogens with one attached hydrogen (secondary N) is 1. The van der Waals surface area contributed by atoms with Crippen molar-refractivity contribution in [2.75, 3.05) is 11.9 Å². The minimum atomic E-state index is 0.0905. The molecule has 1 aromatic heterocycles. The van der Waals surface area contributed by atoms with Gasteiger partial charge in [-0.05, 0) is 13.3 Å². The number of hydrogen-bond donors (Lipinski definition) is 2. The summed E-state index contributed by atoms with van der Waals surface area (Å²) in [4.78, 5) is 8.06. The molecule has 0 amide bonds. The SMILES string of the molecule is CCOC1CC(N)C1Nc1cncc(Cl)n1. The molecule has 6 heteroatoms. The first-order chi connectivity index (χ1) is 7.70. The molecule has 0 aliphatic heterocycles. The van der Waals surface area contributed by atoms with Crippen molar-refractivity contribution >= 4 is 17.4 Å². The molecule has 1 aliphatic carbocycles. The Bertz CT molecular complexity index is 360. The first kappa shape index (κ1) is 11.6. The molecule has 0 aromatic carbocycles. The molecule has 0 saturated heterocycles. The highest BCUT2D eigenvalue weighted by molar-refractivity contribution is 6.29. The van der Waals surface area contributed by atoms with E-state index in [2.05, 4.69) is 15.3 Å². The second-order valence-electron chi connectivity index (χ2n) is 3.79. The smallest absolute Gasteiger partial charge is 0.149 e. The van der Waals surface area contributed by atoms with Gasteiger partial charge in [0, 0.05) is 12.6 Å². The van der Waals surface area contributed by atoms with Gasteiger partial charge < -0.3 is 15.8 Å². The van der Waals surface area contributed by atoms with Crippen LogP contribution in [0.2, 0.25) is 5.15 Å². The van der Waals surface area contributed by atoms with Crippen LogP contribution in [-0.4, -0.2) is 34.8 Å². The molecule has 88 valence electrons. The number of halogens is 1. The molecule has 1 aromatic rings.